The van der Waals surface area contributed by atoms with Crippen LogP contribution in [0.5, 0.6) is 0 Å². The Labute approximate surface area is 185 Å². The van der Waals surface area contributed by atoms with Crippen LogP contribution in [0, 0.1) is 0 Å². The second kappa shape index (κ2) is 11.2. The third-order valence-electron chi connectivity index (χ3n) is 5.37. The molecular weight excluding hydrogens is 347 g/mol. The minimum absolute atomic E-state index is 0.0483. The molecule has 3 aromatic carbocycles. The van der Waals surface area contributed by atoms with E-state index in [0.29, 0.717) is 0 Å². The quantitative estimate of drug-likeness (QED) is 0.219. The number of hydrogen-bond acceptors (Lipinski definition) is 1. The van der Waals surface area contributed by atoms with Crippen LogP contribution < -0.4 is 0 Å². The molecule has 0 amide bonds. The van der Waals surface area contributed by atoms with Crippen LogP contribution in [0.15, 0.2) is 102 Å². The Hall–Kier alpha value is -2.04. The summed E-state index contributed by atoms with van der Waals surface area (Å²) >= 11 is 2.07. The standard InChI is InChI=1S/C27H29O.Li/c1-3-5-9-22-26(4-2)28-27(23-16-10-6-11-17-23,24-18-12-7-13-19-24)25-20-14-8-15-21-25;/h2,4,6-8,10-21,26H,3,5,9,22H2,1H3;. The Kier molecular flexibility index (Phi) is 8.38. The average Bonchev–Trinajstić information content (AvgIpc) is 2.79. The van der Waals surface area contributed by atoms with Crippen molar-refractivity contribution in [2.45, 2.75) is 44.3 Å². The Morgan fingerprint density at radius 3 is 1.59 bits per heavy atom. The van der Waals surface area contributed by atoms with E-state index in [9.17, 15) is 0 Å². The topological polar surface area (TPSA) is 9.23 Å². The molecule has 0 aliphatic rings. The van der Waals surface area contributed by atoms with Crippen LogP contribution in [-0.2, 0) is 10.3 Å². The van der Waals surface area contributed by atoms with E-state index in [1.807, 2.05) is 0 Å². The Bertz CT molecular complexity index is 762. The number of hydrogen-bond donors (Lipinski definition) is 0. The zero-order chi connectivity index (χ0) is 20.4. The molecule has 1 unspecified atom stereocenters. The van der Waals surface area contributed by atoms with Gasteiger partial charge >= 0.3 is 185 Å². The third kappa shape index (κ3) is 5.31. The van der Waals surface area contributed by atoms with Crippen molar-refractivity contribution in [2.24, 2.45) is 0 Å². The molecule has 0 N–H and O–H groups in total. The van der Waals surface area contributed by atoms with Crippen molar-refractivity contribution >= 4 is 17.7 Å². The predicted molar refractivity (Wildman–Crippen MR) is 123 cm³/mol. The van der Waals surface area contributed by atoms with Gasteiger partial charge in [0, 0.05) is 0 Å². The normalized spacial score (nSPS) is 12.9. The molecule has 0 aliphatic heterocycles. The van der Waals surface area contributed by atoms with Crippen molar-refractivity contribution in [3.8, 4) is 0 Å². The van der Waals surface area contributed by atoms with Crippen LogP contribution in [0.1, 0.15) is 49.3 Å². The van der Waals surface area contributed by atoms with E-state index in [0.717, 1.165) is 23.1 Å². The first-order chi connectivity index (χ1) is 14.3. The van der Waals surface area contributed by atoms with Gasteiger partial charge in [0.2, 0.25) is 0 Å². The van der Waals surface area contributed by atoms with E-state index in [1.165, 1.54) is 19.3 Å². The molecule has 3 rings (SSSR count). The van der Waals surface area contributed by atoms with Gasteiger partial charge in [-0.15, -0.1) is 0 Å². The molecule has 0 saturated heterocycles. The van der Waals surface area contributed by atoms with E-state index < -0.39 is 5.60 Å². The maximum atomic E-state index is 7.10. The summed E-state index contributed by atoms with van der Waals surface area (Å²) < 4.78 is 9.21. The Morgan fingerprint density at radius 2 is 1.21 bits per heavy atom. The van der Waals surface area contributed by atoms with Gasteiger partial charge in [-0.05, 0) is 0 Å². The number of unbranched alkanes of at least 4 members (excludes halogenated alkanes) is 2. The average molecular weight is 376 g/mol. The van der Waals surface area contributed by atoms with Gasteiger partial charge in [0.1, 0.15) is 0 Å². The van der Waals surface area contributed by atoms with Crippen molar-refractivity contribution < 1.29 is 4.74 Å². The first-order valence-electron chi connectivity index (χ1n) is 10.8. The molecule has 144 valence electrons. The van der Waals surface area contributed by atoms with Gasteiger partial charge in [-0.3, -0.25) is 0 Å². The minimum atomic E-state index is -0.653. The van der Waals surface area contributed by atoms with E-state index in [4.69, 9.17) is 4.74 Å². The fraction of sp³-hybridized carbons (Fsp3) is 0.259. The Morgan fingerprint density at radius 1 is 0.759 bits per heavy atom. The summed E-state index contributed by atoms with van der Waals surface area (Å²) in [5.74, 6) is 0. The van der Waals surface area contributed by atoms with Crippen LogP contribution in [0.25, 0.3) is 0 Å². The summed E-state index contributed by atoms with van der Waals surface area (Å²) in [5, 5.41) is 0. The maximum absolute atomic E-state index is 7.10. The zero-order valence-corrected chi connectivity index (χ0v) is 17.6. The van der Waals surface area contributed by atoms with E-state index in [2.05, 4.69) is 126 Å². The summed E-state index contributed by atoms with van der Waals surface area (Å²) in [6.07, 6.45) is 6.88. The number of rotatable bonds is 10. The van der Waals surface area contributed by atoms with E-state index in [1.54, 1.807) is 0 Å². The first kappa shape index (κ1) is 21.7. The molecule has 0 saturated carbocycles. The van der Waals surface area contributed by atoms with Crippen LogP contribution >= 0.6 is 0 Å². The summed E-state index contributed by atoms with van der Waals surface area (Å²) in [5.41, 5.74) is 2.81. The van der Waals surface area contributed by atoms with Gasteiger partial charge in [-0.1, -0.05) is 0 Å². The summed E-state index contributed by atoms with van der Waals surface area (Å²) in [6, 6.07) is 31.9. The molecule has 29 heavy (non-hydrogen) atoms. The van der Waals surface area contributed by atoms with Crippen molar-refractivity contribution in [3.63, 3.8) is 0 Å². The van der Waals surface area contributed by atoms with Gasteiger partial charge < -0.3 is 0 Å². The molecular formula is C27H29LiO. The molecule has 0 heterocycles. The molecule has 0 aliphatic carbocycles. The van der Waals surface area contributed by atoms with E-state index >= 15 is 0 Å². The number of benzene rings is 3. The SMILES string of the molecule is [Li]/[CH]=C/C(CCCCC)OC(c1ccccc1)(c1ccccc1)c1ccccc1. The third-order valence-corrected chi connectivity index (χ3v) is 5.37. The first-order valence-corrected chi connectivity index (χ1v) is 10.8. The van der Waals surface area contributed by atoms with Gasteiger partial charge in [0.25, 0.3) is 0 Å². The summed E-state index contributed by atoms with van der Waals surface area (Å²) in [6.45, 7) is 2.24. The second-order valence-corrected chi connectivity index (χ2v) is 7.46. The summed E-state index contributed by atoms with van der Waals surface area (Å²) in [4.78, 5) is 0. The molecule has 2 heteroatoms. The van der Waals surface area contributed by atoms with E-state index in [-0.39, 0.29) is 6.10 Å². The van der Waals surface area contributed by atoms with Crippen molar-refractivity contribution in [3.05, 3.63) is 119 Å². The monoisotopic (exact) mass is 376 g/mol. The van der Waals surface area contributed by atoms with Gasteiger partial charge in [0.15, 0.2) is 0 Å². The van der Waals surface area contributed by atoms with Crippen molar-refractivity contribution in [1.29, 1.82) is 0 Å². The molecule has 0 fully saturated rings. The van der Waals surface area contributed by atoms with Crippen LogP contribution in [-0.4, -0.2) is 23.8 Å². The fourth-order valence-corrected chi connectivity index (χ4v) is 3.95. The zero-order valence-electron chi connectivity index (χ0n) is 17.6. The van der Waals surface area contributed by atoms with Crippen molar-refractivity contribution in [2.75, 3.05) is 0 Å². The molecule has 1 atom stereocenters. The molecule has 1 nitrogen and oxygen atoms in total. The Balaban J connectivity index is 2.16. The van der Waals surface area contributed by atoms with Crippen LogP contribution in [0.2, 0.25) is 0 Å². The van der Waals surface area contributed by atoms with Crippen LogP contribution in [0.3, 0.4) is 0 Å². The molecule has 0 bridgehead atoms. The van der Waals surface area contributed by atoms with Gasteiger partial charge in [0.05, 0.1) is 0 Å². The molecule has 0 aromatic heterocycles. The molecule has 3 aromatic rings. The van der Waals surface area contributed by atoms with Crippen molar-refractivity contribution in [1.82, 2.24) is 0 Å². The molecule has 0 radical (unpaired) electrons. The second-order valence-electron chi connectivity index (χ2n) is 7.46. The number of ether oxygens (including phenoxy) is 1. The fourth-order valence-electron chi connectivity index (χ4n) is 3.95. The predicted octanol–water partition coefficient (Wildman–Crippen LogP) is 6.63. The van der Waals surface area contributed by atoms with Gasteiger partial charge in [-0.25, -0.2) is 0 Å². The van der Waals surface area contributed by atoms with Crippen LogP contribution in [0.4, 0.5) is 0 Å². The molecule has 0 spiro atoms. The van der Waals surface area contributed by atoms with Gasteiger partial charge in [-0.2, -0.15) is 0 Å². The summed E-state index contributed by atoms with van der Waals surface area (Å²) in [7, 11) is 0.